The van der Waals surface area contributed by atoms with Crippen molar-refractivity contribution in [2.75, 3.05) is 6.54 Å². The molecule has 126 valence electrons. The molecule has 0 bridgehead atoms. The Morgan fingerprint density at radius 3 is 2.54 bits per heavy atom. The van der Waals surface area contributed by atoms with E-state index < -0.39 is 0 Å². The minimum atomic E-state index is -0.210. The highest BCUT2D eigenvalue weighted by atomic mass is 35.5. The van der Waals surface area contributed by atoms with E-state index in [-0.39, 0.29) is 18.4 Å². The molecule has 24 heavy (non-hydrogen) atoms. The van der Waals surface area contributed by atoms with Gasteiger partial charge in [-0.25, -0.2) is 0 Å². The summed E-state index contributed by atoms with van der Waals surface area (Å²) in [6.45, 7) is 4.24. The summed E-state index contributed by atoms with van der Waals surface area (Å²) in [4.78, 5) is 25.5. The van der Waals surface area contributed by atoms with E-state index in [4.69, 9.17) is 11.6 Å². The van der Waals surface area contributed by atoms with Gasteiger partial charge in [0.1, 0.15) is 0 Å². The first kappa shape index (κ1) is 18.0. The van der Waals surface area contributed by atoms with E-state index in [1.165, 1.54) is 11.8 Å². The molecular formula is C19H21ClN2O2. The molecule has 5 heteroatoms. The average Bonchev–Trinajstić information content (AvgIpc) is 2.53. The number of nitrogens with one attached hydrogen (secondary N) is 1. The highest BCUT2D eigenvalue weighted by molar-refractivity contribution is 6.31. The number of hydrogen-bond donors (Lipinski definition) is 1. The summed E-state index contributed by atoms with van der Waals surface area (Å²) in [5, 5.41) is 3.42. The van der Waals surface area contributed by atoms with Gasteiger partial charge in [-0.2, -0.15) is 0 Å². The maximum Gasteiger partial charge on any atom is 0.239 e. The molecule has 0 unspecified atom stereocenters. The van der Waals surface area contributed by atoms with Crippen molar-refractivity contribution in [3.05, 3.63) is 70.2 Å². The van der Waals surface area contributed by atoms with Crippen LogP contribution in [-0.2, 0) is 22.7 Å². The largest absolute Gasteiger partial charge is 0.350 e. The lowest BCUT2D eigenvalue weighted by atomic mass is 10.1. The van der Waals surface area contributed by atoms with Crippen LogP contribution in [0.3, 0.4) is 0 Å². The van der Waals surface area contributed by atoms with Gasteiger partial charge in [0.05, 0.1) is 6.54 Å². The summed E-state index contributed by atoms with van der Waals surface area (Å²) >= 11 is 6.07. The van der Waals surface area contributed by atoms with Crippen molar-refractivity contribution < 1.29 is 9.59 Å². The summed E-state index contributed by atoms with van der Waals surface area (Å²) in [6.07, 6.45) is 0. The quantitative estimate of drug-likeness (QED) is 0.874. The van der Waals surface area contributed by atoms with Crippen LogP contribution >= 0.6 is 11.6 Å². The summed E-state index contributed by atoms with van der Waals surface area (Å²) in [5.41, 5.74) is 2.98. The molecule has 1 N–H and O–H groups in total. The Morgan fingerprint density at radius 1 is 1.12 bits per heavy atom. The van der Waals surface area contributed by atoms with Crippen LogP contribution in [-0.4, -0.2) is 23.3 Å². The Morgan fingerprint density at radius 2 is 1.88 bits per heavy atom. The number of hydrogen-bond acceptors (Lipinski definition) is 2. The number of nitrogens with zero attached hydrogens (tertiary/aromatic N) is 1. The summed E-state index contributed by atoms with van der Waals surface area (Å²) in [7, 11) is 0. The van der Waals surface area contributed by atoms with Crippen molar-refractivity contribution in [3.8, 4) is 0 Å². The third-order valence-corrected chi connectivity index (χ3v) is 4.04. The number of halogens is 1. The molecule has 0 heterocycles. The number of aryl methyl sites for hydroxylation is 1. The topological polar surface area (TPSA) is 49.4 Å². The molecule has 0 saturated carbocycles. The third-order valence-electron chi connectivity index (χ3n) is 3.67. The van der Waals surface area contributed by atoms with E-state index in [0.29, 0.717) is 18.1 Å². The molecule has 2 rings (SSSR count). The fourth-order valence-corrected chi connectivity index (χ4v) is 2.58. The summed E-state index contributed by atoms with van der Waals surface area (Å²) < 4.78 is 0. The highest BCUT2D eigenvalue weighted by Gasteiger charge is 2.14. The Kier molecular flexibility index (Phi) is 6.38. The van der Waals surface area contributed by atoms with Gasteiger partial charge in [0, 0.05) is 25.0 Å². The summed E-state index contributed by atoms with van der Waals surface area (Å²) in [6, 6.07) is 15.3. The Hall–Kier alpha value is -2.33. The maximum absolute atomic E-state index is 12.2. The second-order valence-corrected chi connectivity index (χ2v) is 6.14. The summed E-state index contributed by atoms with van der Waals surface area (Å²) in [5.74, 6) is -0.345. The van der Waals surface area contributed by atoms with Gasteiger partial charge in [0.2, 0.25) is 11.8 Å². The van der Waals surface area contributed by atoms with E-state index in [1.807, 2.05) is 49.4 Å². The van der Waals surface area contributed by atoms with Gasteiger partial charge in [-0.15, -0.1) is 0 Å². The predicted molar refractivity (Wildman–Crippen MR) is 95.6 cm³/mol. The average molecular weight is 345 g/mol. The molecule has 0 radical (unpaired) electrons. The van der Waals surface area contributed by atoms with E-state index in [9.17, 15) is 9.59 Å². The number of rotatable bonds is 6. The molecule has 2 amide bonds. The van der Waals surface area contributed by atoms with Crippen LogP contribution in [0, 0.1) is 6.92 Å². The van der Waals surface area contributed by atoms with Crippen LogP contribution < -0.4 is 5.32 Å². The lowest BCUT2D eigenvalue weighted by molar-refractivity contribution is -0.135. The second kappa shape index (κ2) is 8.50. The molecule has 0 aliphatic heterocycles. The monoisotopic (exact) mass is 344 g/mol. The highest BCUT2D eigenvalue weighted by Crippen LogP contribution is 2.14. The molecule has 0 aliphatic carbocycles. The van der Waals surface area contributed by atoms with Crippen LogP contribution in [0.1, 0.15) is 23.6 Å². The van der Waals surface area contributed by atoms with Crippen molar-refractivity contribution >= 4 is 23.4 Å². The van der Waals surface area contributed by atoms with Gasteiger partial charge in [0.15, 0.2) is 0 Å². The number of amides is 2. The van der Waals surface area contributed by atoms with Gasteiger partial charge >= 0.3 is 0 Å². The van der Waals surface area contributed by atoms with E-state index in [2.05, 4.69) is 5.32 Å². The standard InChI is InChI=1S/C19H21ClN2O2/c1-14-6-5-7-16(10-14)12-22(15(2)23)13-19(24)21-11-17-8-3-4-9-18(17)20/h3-10H,11-13H2,1-2H3,(H,21,24). The fraction of sp³-hybridized carbons (Fsp3) is 0.263. The van der Waals surface area contributed by atoms with Gasteiger partial charge < -0.3 is 10.2 Å². The first-order valence-corrected chi connectivity index (χ1v) is 8.14. The van der Waals surface area contributed by atoms with Crippen LogP contribution in [0.4, 0.5) is 0 Å². The molecule has 0 aromatic heterocycles. The first-order chi connectivity index (χ1) is 11.5. The number of benzene rings is 2. The first-order valence-electron chi connectivity index (χ1n) is 7.77. The third kappa shape index (κ3) is 5.39. The normalized spacial score (nSPS) is 10.3. The second-order valence-electron chi connectivity index (χ2n) is 5.73. The Labute approximate surface area is 147 Å². The van der Waals surface area contributed by atoms with Crippen LogP contribution in [0.15, 0.2) is 48.5 Å². The minimum Gasteiger partial charge on any atom is -0.350 e. The van der Waals surface area contributed by atoms with Gasteiger partial charge in [-0.1, -0.05) is 59.6 Å². The molecule has 0 aliphatic rings. The Balaban J connectivity index is 1.93. The minimum absolute atomic E-state index is 0.0216. The SMILES string of the molecule is CC(=O)N(CC(=O)NCc1ccccc1Cl)Cc1cccc(C)c1. The van der Waals surface area contributed by atoms with Crippen LogP contribution in [0.5, 0.6) is 0 Å². The van der Waals surface area contributed by atoms with Crippen LogP contribution in [0.2, 0.25) is 5.02 Å². The molecular weight excluding hydrogens is 324 g/mol. The van der Waals surface area contributed by atoms with E-state index >= 15 is 0 Å². The smallest absolute Gasteiger partial charge is 0.239 e. The zero-order valence-corrected chi connectivity index (χ0v) is 14.6. The fourth-order valence-electron chi connectivity index (χ4n) is 2.37. The van der Waals surface area contributed by atoms with Crippen molar-refractivity contribution in [2.45, 2.75) is 26.9 Å². The van der Waals surface area contributed by atoms with E-state index in [1.54, 1.807) is 6.07 Å². The van der Waals surface area contributed by atoms with Crippen LogP contribution in [0.25, 0.3) is 0 Å². The Bertz CT molecular complexity index is 731. The van der Waals surface area contributed by atoms with E-state index in [0.717, 1.165) is 16.7 Å². The molecule has 0 saturated heterocycles. The number of carbonyl (C=O) groups is 2. The van der Waals surface area contributed by atoms with Gasteiger partial charge in [-0.3, -0.25) is 9.59 Å². The van der Waals surface area contributed by atoms with Crippen molar-refractivity contribution in [1.29, 1.82) is 0 Å². The van der Waals surface area contributed by atoms with Crippen molar-refractivity contribution in [2.24, 2.45) is 0 Å². The van der Waals surface area contributed by atoms with Crippen molar-refractivity contribution in [1.82, 2.24) is 10.2 Å². The van der Waals surface area contributed by atoms with Gasteiger partial charge in [-0.05, 0) is 24.1 Å². The maximum atomic E-state index is 12.2. The van der Waals surface area contributed by atoms with Gasteiger partial charge in [0.25, 0.3) is 0 Å². The molecule has 4 nitrogen and oxygen atoms in total. The molecule has 0 fully saturated rings. The zero-order chi connectivity index (χ0) is 17.5. The number of carbonyl (C=O) groups excluding carboxylic acids is 2. The molecule has 2 aromatic carbocycles. The lowest BCUT2D eigenvalue weighted by Gasteiger charge is -2.21. The molecule has 0 atom stereocenters. The zero-order valence-electron chi connectivity index (χ0n) is 13.9. The lowest BCUT2D eigenvalue weighted by Crippen LogP contribution is -2.39. The molecule has 2 aromatic rings. The van der Waals surface area contributed by atoms with Crippen molar-refractivity contribution in [3.63, 3.8) is 0 Å². The molecule has 0 spiro atoms. The predicted octanol–water partition coefficient (Wildman–Crippen LogP) is 3.31.